The second-order valence-electron chi connectivity index (χ2n) is 3.14. The molecule has 1 heterocycles. The predicted octanol–water partition coefficient (Wildman–Crippen LogP) is 0.437. The molecule has 0 aliphatic rings. The largest absolute Gasteiger partial charge is 0.619 e. The highest BCUT2D eigenvalue weighted by molar-refractivity contribution is 5.84. The van der Waals surface area contributed by atoms with E-state index in [1.165, 1.54) is 6.20 Å². The SMILES string of the molecule is CCc1cc(CC(=N)CO)cc[n+]1[O-]. The van der Waals surface area contributed by atoms with Gasteiger partial charge >= 0.3 is 0 Å². The van der Waals surface area contributed by atoms with E-state index < -0.39 is 0 Å². The highest BCUT2D eigenvalue weighted by atomic mass is 16.5. The zero-order valence-electron chi connectivity index (χ0n) is 8.16. The van der Waals surface area contributed by atoms with Crippen molar-refractivity contribution in [3.05, 3.63) is 34.8 Å². The van der Waals surface area contributed by atoms with Crippen molar-refractivity contribution in [2.45, 2.75) is 19.8 Å². The lowest BCUT2D eigenvalue weighted by atomic mass is 10.1. The number of aliphatic hydroxyl groups is 1. The minimum Gasteiger partial charge on any atom is -0.619 e. The fourth-order valence-corrected chi connectivity index (χ4v) is 1.26. The Morgan fingerprint density at radius 2 is 2.36 bits per heavy atom. The van der Waals surface area contributed by atoms with E-state index in [9.17, 15) is 5.21 Å². The summed E-state index contributed by atoms with van der Waals surface area (Å²) in [7, 11) is 0. The lowest BCUT2D eigenvalue weighted by Crippen LogP contribution is -2.31. The summed E-state index contributed by atoms with van der Waals surface area (Å²) in [5.41, 5.74) is 1.84. The number of pyridine rings is 1. The summed E-state index contributed by atoms with van der Waals surface area (Å²) in [5, 5.41) is 27.2. The van der Waals surface area contributed by atoms with Crippen molar-refractivity contribution in [1.29, 1.82) is 5.41 Å². The summed E-state index contributed by atoms with van der Waals surface area (Å²) in [6.07, 6.45) is 2.52. The first kappa shape index (κ1) is 10.7. The fourth-order valence-electron chi connectivity index (χ4n) is 1.26. The van der Waals surface area contributed by atoms with Gasteiger partial charge in [-0.25, -0.2) is 0 Å². The van der Waals surface area contributed by atoms with Crippen molar-refractivity contribution >= 4 is 5.71 Å². The third-order valence-electron chi connectivity index (χ3n) is 2.03. The third kappa shape index (κ3) is 2.53. The van der Waals surface area contributed by atoms with E-state index >= 15 is 0 Å². The van der Waals surface area contributed by atoms with Gasteiger partial charge in [0.05, 0.1) is 6.61 Å². The van der Waals surface area contributed by atoms with Crippen LogP contribution < -0.4 is 4.73 Å². The molecule has 0 unspecified atom stereocenters. The van der Waals surface area contributed by atoms with Crippen LogP contribution in [-0.4, -0.2) is 17.4 Å². The van der Waals surface area contributed by atoms with Crippen LogP contribution in [0.25, 0.3) is 0 Å². The number of aryl methyl sites for hydroxylation is 1. The maximum atomic E-state index is 11.2. The maximum Gasteiger partial charge on any atom is 0.192 e. The molecule has 14 heavy (non-hydrogen) atoms. The molecule has 0 atom stereocenters. The van der Waals surface area contributed by atoms with E-state index in [4.69, 9.17) is 10.5 Å². The lowest BCUT2D eigenvalue weighted by Gasteiger charge is -2.05. The van der Waals surface area contributed by atoms with E-state index in [1.807, 2.05) is 6.92 Å². The van der Waals surface area contributed by atoms with Crippen molar-refractivity contribution in [2.24, 2.45) is 0 Å². The van der Waals surface area contributed by atoms with Crippen LogP contribution >= 0.6 is 0 Å². The molecule has 4 nitrogen and oxygen atoms in total. The van der Waals surface area contributed by atoms with Crippen LogP contribution in [0.4, 0.5) is 0 Å². The summed E-state index contributed by atoms with van der Waals surface area (Å²) in [5.74, 6) is 0. The normalized spacial score (nSPS) is 10.1. The molecule has 1 rings (SSSR count). The quantitative estimate of drug-likeness (QED) is 0.414. The van der Waals surface area contributed by atoms with Crippen LogP contribution in [0.5, 0.6) is 0 Å². The standard InChI is InChI=1S/C10H14N2O2/c1-2-10-6-8(3-4-12(10)14)5-9(11)7-13/h3-4,6,11,13H,2,5,7H2,1H3. The molecule has 0 saturated heterocycles. The van der Waals surface area contributed by atoms with Gasteiger partial charge in [0, 0.05) is 30.7 Å². The third-order valence-corrected chi connectivity index (χ3v) is 2.03. The van der Waals surface area contributed by atoms with Crippen molar-refractivity contribution in [3.8, 4) is 0 Å². The zero-order chi connectivity index (χ0) is 10.6. The minimum absolute atomic E-state index is 0.228. The van der Waals surface area contributed by atoms with Gasteiger partial charge in [-0.15, -0.1) is 0 Å². The Morgan fingerprint density at radius 3 is 2.93 bits per heavy atom. The fraction of sp³-hybridized carbons (Fsp3) is 0.400. The first-order valence-electron chi connectivity index (χ1n) is 4.55. The van der Waals surface area contributed by atoms with Gasteiger partial charge in [-0.2, -0.15) is 4.73 Å². The molecule has 0 bridgehead atoms. The molecule has 0 aliphatic heterocycles. The number of hydrogen-bond donors (Lipinski definition) is 2. The Kier molecular flexibility index (Phi) is 3.59. The Morgan fingerprint density at radius 1 is 1.64 bits per heavy atom. The van der Waals surface area contributed by atoms with Crippen molar-refractivity contribution in [2.75, 3.05) is 6.61 Å². The molecule has 0 fully saturated rings. The summed E-state index contributed by atoms with van der Waals surface area (Å²) in [4.78, 5) is 0. The van der Waals surface area contributed by atoms with Crippen LogP contribution in [0.3, 0.4) is 0 Å². The molecule has 1 aromatic heterocycles. The molecule has 0 radical (unpaired) electrons. The average molecular weight is 194 g/mol. The molecule has 76 valence electrons. The van der Waals surface area contributed by atoms with Gasteiger partial charge in [0.15, 0.2) is 11.9 Å². The molecule has 0 saturated carbocycles. The Labute approximate surface area is 82.9 Å². The smallest absolute Gasteiger partial charge is 0.192 e. The van der Waals surface area contributed by atoms with Crippen LogP contribution in [0.1, 0.15) is 18.2 Å². The summed E-state index contributed by atoms with van der Waals surface area (Å²) >= 11 is 0. The van der Waals surface area contributed by atoms with Crippen molar-refractivity contribution in [3.63, 3.8) is 0 Å². The second kappa shape index (κ2) is 4.72. The Hall–Kier alpha value is -1.42. The van der Waals surface area contributed by atoms with Crippen LogP contribution in [0, 0.1) is 10.6 Å². The van der Waals surface area contributed by atoms with E-state index in [1.54, 1.807) is 12.1 Å². The maximum absolute atomic E-state index is 11.2. The first-order chi connectivity index (χ1) is 6.67. The number of rotatable bonds is 4. The lowest BCUT2D eigenvalue weighted by molar-refractivity contribution is -0.613. The molecule has 1 aromatic rings. The monoisotopic (exact) mass is 194 g/mol. The molecule has 4 heteroatoms. The van der Waals surface area contributed by atoms with Gasteiger partial charge in [0.1, 0.15) is 0 Å². The topological polar surface area (TPSA) is 71.0 Å². The van der Waals surface area contributed by atoms with Gasteiger partial charge in [-0.1, -0.05) is 6.92 Å². The predicted molar refractivity (Wildman–Crippen MR) is 53.3 cm³/mol. The first-order valence-corrected chi connectivity index (χ1v) is 4.55. The number of hydrogen-bond acceptors (Lipinski definition) is 3. The van der Waals surface area contributed by atoms with Crippen LogP contribution in [-0.2, 0) is 12.8 Å². The molecule has 0 aromatic carbocycles. The van der Waals surface area contributed by atoms with E-state index in [0.717, 1.165) is 10.3 Å². The van der Waals surface area contributed by atoms with Gasteiger partial charge in [0.25, 0.3) is 0 Å². The molecule has 0 spiro atoms. The highest BCUT2D eigenvalue weighted by Gasteiger charge is 2.05. The summed E-state index contributed by atoms with van der Waals surface area (Å²) in [6, 6.07) is 3.45. The number of nitrogens with zero attached hydrogens (tertiary/aromatic N) is 1. The second-order valence-corrected chi connectivity index (χ2v) is 3.14. The Balaban J connectivity index is 2.84. The minimum atomic E-state index is -0.228. The van der Waals surface area contributed by atoms with Gasteiger partial charge < -0.3 is 15.7 Å². The van der Waals surface area contributed by atoms with Gasteiger partial charge in [0.2, 0.25) is 0 Å². The average Bonchev–Trinajstić information content (AvgIpc) is 2.20. The molecular formula is C10H14N2O2. The van der Waals surface area contributed by atoms with Crippen LogP contribution in [0.15, 0.2) is 18.3 Å². The Bertz CT molecular complexity index is 337. The van der Waals surface area contributed by atoms with Crippen LogP contribution in [0.2, 0.25) is 0 Å². The highest BCUT2D eigenvalue weighted by Crippen LogP contribution is 2.02. The van der Waals surface area contributed by atoms with Gasteiger partial charge in [-0.3, -0.25) is 0 Å². The summed E-state index contributed by atoms with van der Waals surface area (Å²) < 4.78 is 0.825. The molecular weight excluding hydrogens is 180 g/mol. The molecule has 2 N–H and O–H groups in total. The van der Waals surface area contributed by atoms with E-state index in [-0.39, 0.29) is 12.3 Å². The number of aliphatic hydroxyl groups excluding tert-OH is 1. The van der Waals surface area contributed by atoms with Crippen molar-refractivity contribution in [1.82, 2.24) is 0 Å². The van der Waals surface area contributed by atoms with E-state index in [0.29, 0.717) is 18.5 Å². The molecule has 0 aliphatic carbocycles. The number of nitrogens with one attached hydrogen (secondary N) is 1. The summed E-state index contributed by atoms with van der Waals surface area (Å²) in [6.45, 7) is 1.68. The van der Waals surface area contributed by atoms with E-state index in [2.05, 4.69) is 0 Å². The zero-order valence-corrected chi connectivity index (χ0v) is 8.16. The number of aromatic nitrogens is 1. The van der Waals surface area contributed by atoms with Crippen molar-refractivity contribution < 1.29 is 9.84 Å². The van der Waals surface area contributed by atoms with Gasteiger partial charge in [-0.05, 0) is 5.56 Å². The molecule has 0 amide bonds.